The summed E-state index contributed by atoms with van der Waals surface area (Å²) in [5.41, 5.74) is -0.439. The lowest BCUT2D eigenvalue weighted by Gasteiger charge is -2.25. The first-order valence-electron chi connectivity index (χ1n) is 9.57. The fourth-order valence-electron chi connectivity index (χ4n) is 3.36. The van der Waals surface area contributed by atoms with Gasteiger partial charge >= 0.3 is 6.09 Å². The highest BCUT2D eigenvalue weighted by Crippen LogP contribution is 2.26. The van der Waals surface area contributed by atoms with Crippen LogP contribution in [0.2, 0.25) is 0 Å². The van der Waals surface area contributed by atoms with Gasteiger partial charge in [-0.05, 0) is 52.4 Å². The third kappa shape index (κ3) is 9.19. The zero-order chi connectivity index (χ0) is 17.3. The van der Waals surface area contributed by atoms with Crippen LogP contribution in [0.25, 0.3) is 0 Å². The van der Waals surface area contributed by atoms with Gasteiger partial charge in [-0.1, -0.05) is 39.5 Å². The van der Waals surface area contributed by atoms with Crippen molar-refractivity contribution >= 4 is 6.09 Å². The van der Waals surface area contributed by atoms with Crippen molar-refractivity contribution in [2.24, 2.45) is 5.92 Å². The van der Waals surface area contributed by atoms with Gasteiger partial charge in [0.05, 0.1) is 0 Å². The number of hydrogen-bond acceptors (Lipinski definition) is 3. The number of amides is 1. The number of nitrogens with one attached hydrogen (secondary N) is 2. The van der Waals surface area contributed by atoms with Gasteiger partial charge in [-0.25, -0.2) is 4.79 Å². The Kier molecular flexibility index (Phi) is 8.96. The van der Waals surface area contributed by atoms with Crippen molar-refractivity contribution in [1.29, 1.82) is 0 Å². The SMILES string of the molecule is CCCC1CCCC(NCC(CC)NC(=O)OC(C)(C)C)CC1. The van der Waals surface area contributed by atoms with E-state index in [1.165, 1.54) is 44.9 Å². The smallest absolute Gasteiger partial charge is 0.407 e. The normalized spacial score (nSPS) is 23.9. The monoisotopic (exact) mass is 326 g/mol. The Morgan fingerprint density at radius 1 is 1.17 bits per heavy atom. The third-order valence-electron chi connectivity index (χ3n) is 4.65. The molecule has 4 nitrogen and oxygen atoms in total. The van der Waals surface area contributed by atoms with Gasteiger partial charge in [0, 0.05) is 18.6 Å². The van der Waals surface area contributed by atoms with Gasteiger partial charge in [-0.3, -0.25) is 0 Å². The van der Waals surface area contributed by atoms with Crippen LogP contribution in [0.1, 0.15) is 86.0 Å². The topological polar surface area (TPSA) is 50.4 Å². The molecule has 1 amide bonds. The average Bonchev–Trinajstić information content (AvgIpc) is 2.67. The van der Waals surface area contributed by atoms with Crippen molar-refractivity contribution in [1.82, 2.24) is 10.6 Å². The number of carbonyl (C=O) groups is 1. The summed E-state index contributed by atoms with van der Waals surface area (Å²) in [6.45, 7) is 10.9. The van der Waals surface area contributed by atoms with Crippen molar-refractivity contribution < 1.29 is 9.53 Å². The quantitative estimate of drug-likeness (QED) is 0.671. The Hall–Kier alpha value is -0.770. The van der Waals surface area contributed by atoms with Crippen molar-refractivity contribution in [2.75, 3.05) is 6.54 Å². The molecule has 1 fully saturated rings. The highest BCUT2D eigenvalue weighted by molar-refractivity contribution is 5.68. The summed E-state index contributed by atoms with van der Waals surface area (Å²) >= 11 is 0. The molecule has 0 aromatic carbocycles. The number of rotatable bonds is 7. The minimum atomic E-state index is -0.439. The van der Waals surface area contributed by atoms with Gasteiger partial charge in [0.1, 0.15) is 5.60 Å². The second-order valence-electron chi connectivity index (χ2n) is 8.02. The van der Waals surface area contributed by atoms with Crippen LogP contribution in [-0.4, -0.2) is 30.3 Å². The standard InChI is InChI=1S/C19H38N2O2/c1-6-9-15-10-8-11-17(13-12-15)20-14-16(7-2)21-18(22)23-19(3,4)5/h15-17,20H,6-14H2,1-5H3,(H,21,22). The van der Waals surface area contributed by atoms with E-state index >= 15 is 0 Å². The van der Waals surface area contributed by atoms with Crippen LogP contribution >= 0.6 is 0 Å². The van der Waals surface area contributed by atoms with Gasteiger partial charge in [0.25, 0.3) is 0 Å². The fraction of sp³-hybridized carbons (Fsp3) is 0.947. The highest BCUT2D eigenvalue weighted by atomic mass is 16.6. The van der Waals surface area contributed by atoms with E-state index in [4.69, 9.17) is 4.74 Å². The molecule has 23 heavy (non-hydrogen) atoms. The van der Waals surface area contributed by atoms with Gasteiger partial charge in [0.2, 0.25) is 0 Å². The molecule has 2 N–H and O–H groups in total. The molecule has 1 aliphatic rings. The molecule has 1 aliphatic carbocycles. The predicted octanol–water partition coefficient (Wildman–Crippen LogP) is 4.63. The summed E-state index contributed by atoms with van der Waals surface area (Å²) in [4.78, 5) is 11.9. The molecule has 0 radical (unpaired) electrons. The van der Waals surface area contributed by atoms with Crippen LogP contribution in [-0.2, 0) is 4.74 Å². The Morgan fingerprint density at radius 2 is 1.91 bits per heavy atom. The molecule has 0 aliphatic heterocycles. The van der Waals surface area contributed by atoms with E-state index in [0.717, 1.165) is 18.9 Å². The number of ether oxygens (including phenoxy) is 1. The third-order valence-corrected chi connectivity index (χ3v) is 4.65. The summed E-state index contributed by atoms with van der Waals surface area (Å²) < 4.78 is 5.34. The molecule has 0 bridgehead atoms. The van der Waals surface area contributed by atoms with E-state index < -0.39 is 5.60 Å². The summed E-state index contributed by atoms with van der Waals surface area (Å²) in [5, 5.41) is 6.66. The number of carbonyl (C=O) groups excluding carboxylic acids is 1. The van der Waals surface area contributed by atoms with Gasteiger partial charge < -0.3 is 15.4 Å². The van der Waals surface area contributed by atoms with E-state index in [1.54, 1.807) is 0 Å². The molecule has 0 saturated heterocycles. The van der Waals surface area contributed by atoms with Crippen LogP contribution in [0.15, 0.2) is 0 Å². The fourth-order valence-corrected chi connectivity index (χ4v) is 3.36. The average molecular weight is 327 g/mol. The Labute approximate surface area is 143 Å². The molecular weight excluding hydrogens is 288 g/mol. The van der Waals surface area contributed by atoms with Crippen molar-refractivity contribution in [3.05, 3.63) is 0 Å². The van der Waals surface area contributed by atoms with Crippen LogP contribution in [0.4, 0.5) is 4.79 Å². The number of hydrogen-bond donors (Lipinski definition) is 2. The lowest BCUT2D eigenvalue weighted by Crippen LogP contribution is -2.46. The van der Waals surface area contributed by atoms with Crippen molar-refractivity contribution in [3.63, 3.8) is 0 Å². The van der Waals surface area contributed by atoms with Crippen molar-refractivity contribution in [3.8, 4) is 0 Å². The minimum Gasteiger partial charge on any atom is -0.444 e. The second kappa shape index (κ2) is 10.2. The molecule has 0 aromatic rings. The first-order valence-corrected chi connectivity index (χ1v) is 9.57. The maximum atomic E-state index is 11.9. The summed E-state index contributed by atoms with van der Waals surface area (Å²) in [5.74, 6) is 0.925. The second-order valence-corrected chi connectivity index (χ2v) is 8.02. The van der Waals surface area contributed by atoms with Gasteiger partial charge in [0.15, 0.2) is 0 Å². The molecule has 4 heteroatoms. The molecule has 1 saturated carbocycles. The molecule has 3 unspecified atom stereocenters. The van der Waals surface area contributed by atoms with Gasteiger partial charge in [-0.2, -0.15) is 0 Å². The molecule has 0 aromatic heterocycles. The van der Waals surface area contributed by atoms with E-state index in [1.807, 2.05) is 20.8 Å². The van der Waals surface area contributed by atoms with E-state index in [9.17, 15) is 4.79 Å². The number of alkyl carbamates (subject to hydrolysis) is 1. The maximum absolute atomic E-state index is 11.9. The zero-order valence-electron chi connectivity index (χ0n) is 15.9. The largest absolute Gasteiger partial charge is 0.444 e. The van der Waals surface area contributed by atoms with E-state index in [0.29, 0.717) is 6.04 Å². The van der Waals surface area contributed by atoms with Crippen LogP contribution in [0.5, 0.6) is 0 Å². The van der Waals surface area contributed by atoms with Gasteiger partial charge in [-0.15, -0.1) is 0 Å². The first kappa shape index (κ1) is 20.3. The highest BCUT2D eigenvalue weighted by Gasteiger charge is 2.21. The maximum Gasteiger partial charge on any atom is 0.407 e. The van der Waals surface area contributed by atoms with E-state index in [-0.39, 0.29) is 12.1 Å². The molecule has 136 valence electrons. The summed E-state index contributed by atoms with van der Waals surface area (Å²) in [6, 6.07) is 0.742. The van der Waals surface area contributed by atoms with Crippen LogP contribution < -0.4 is 10.6 Å². The zero-order valence-corrected chi connectivity index (χ0v) is 15.9. The Morgan fingerprint density at radius 3 is 2.52 bits per heavy atom. The minimum absolute atomic E-state index is 0.138. The van der Waals surface area contributed by atoms with Crippen molar-refractivity contribution in [2.45, 2.75) is 104 Å². The van der Waals surface area contributed by atoms with Crippen LogP contribution in [0.3, 0.4) is 0 Å². The lowest BCUT2D eigenvalue weighted by atomic mass is 9.95. The summed E-state index contributed by atoms with van der Waals surface area (Å²) in [6.07, 6.45) is 9.90. The molecule has 0 spiro atoms. The molecular formula is C19H38N2O2. The first-order chi connectivity index (χ1) is 10.8. The van der Waals surface area contributed by atoms with E-state index in [2.05, 4.69) is 24.5 Å². The molecule has 0 heterocycles. The van der Waals surface area contributed by atoms with Crippen LogP contribution in [0, 0.1) is 5.92 Å². The Balaban J connectivity index is 2.32. The predicted molar refractivity (Wildman–Crippen MR) is 96.7 cm³/mol. The molecule has 1 rings (SSSR count). The molecule has 3 atom stereocenters. The lowest BCUT2D eigenvalue weighted by molar-refractivity contribution is 0.0501. The summed E-state index contributed by atoms with van der Waals surface area (Å²) in [7, 11) is 0. The Bertz CT molecular complexity index is 339.